The van der Waals surface area contributed by atoms with Crippen LogP contribution in [-0.2, 0) is 26.2 Å². The minimum atomic E-state index is -3.60. The molecule has 1 aliphatic carbocycles. The fourth-order valence-corrected chi connectivity index (χ4v) is 5.87. The van der Waals surface area contributed by atoms with Crippen molar-refractivity contribution in [2.45, 2.75) is 71.0 Å². The Morgan fingerprint density at radius 2 is 1.74 bits per heavy atom. The zero-order valence-electron chi connectivity index (χ0n) is 22.3. The minimum Gasteiger partial charge on any atom is -0.454 e. The monoisotopic (exact) mass is 543 g/mol. The molecule has 2 aromatic rings. The third-order valence-electron chi connectivity index (χ3n) is 7.14. The van der Waals surface area contributed by atoms with Crippen molar-refractivity contribution in [3.63, 3.8) is 0 Å². The first-order valence-electron chi connectivity index (χ1n) is 13.1. The molecule has 0 spiro atoms. The highest BCUT2D eigenvalue weighted by atomic mass is 32.2. The van der Waals surface area contributed by atoms with Gasteiger partial charge in [-0.2, -0.15) is 0 Å². The molecule has 1 N–H and O–H groups in total. The minimum absolute atomic E-state index is 0.0927. The van der Waals surface area contributed by atoms with Crippen LogP contribution < -0.4 is 19.1 Å². The lowest BCUT2D eigenvalue weighted by Crippen LogP contribution is -2.49. The molecule has 0 aromatic heterocycles. The van der Waals surface area contributed by atoms with Gasteiger partial charge in [0.05, 0.1) is 11.9 Å². The summed E-state index contributed by atoms with van der Waals surface area (Å²) in [6.07, 6.45) is 5.66. The molecule has 0 saturated heterocycles. The lowest BCUT2D eigenvalue weighted by atomic mass is 10.1. The van der Waals surface area contributed by atoms with Crippen LogP contribution in [0.15, 0.2) is 42.5 Å². The average molecular weight is 544 g/mol. The van der Waals surface area contributed by atoms with Gasteiger partial charge in [-0.15, -0.1) is 0 Å². The first-order chi connectivity index (χ1) is 18.1. The van der Waals surface area contributed by atoms with Crippen LogP contribution in [0.4, 0.5) is 5.69 Å². The Balaban J connectivity index is 1.44. The zero-order chi connectivity index (χ0) is 27.3. The molecule has 9 nitrogen and oxygen atoms in total. The van der Waals surface area contributed by atoms with Gasteiger partial charge < -0.3 is 19.7 Å². The van der Waals surface area contributed by atoms with E-state index in [1.807, 2.05) is 31.2 Å². The second-order valence-corrected chi connectivity index (χ2v) is 12.1. The molecule has 1 aliphatic heterocycles. The van der Waals surface area contributed by atoms with Gasteiger partial charge in [-0.3, -0.25) is 13.9 Å². The highest BCUT2D eigenvalue weighted by Crippen LogP contribution is 2.36. The van der Waals surface area contributed by atoms with E-state index >= 15 is 0 Å². The lowest BCUT2D eigenvalue weighted by molar-refractivity contribution is -0.141. The molecule has 4 rings (SSSR count). The highest BCUT2D eigenvalue weighted by molar-refractivity contribution is 7.92. The van der Waals surface area contributed by atoms with Crippen LogP contribution in [0.1, 0.15) is 56.6 Å². The third kappa shape index (κ3) is 6.98. The average Bonchev–Trinajstić information content (AvgIpc) is 3.56. The molecule has 0 unspecified atom stereocenters. The van der Waals surface area contributed by atoms with Crippen molar-refractivity contribution in [2.75, 3.05) is 23.9 Å². The second kappa shape index (κ2) is 12.1. The molecule has 0 bridgehead atoms. The van der Waals surface area contributed by atoms with Gasteiger partial charge in [0.2, 0.25) is 28.6 Å². The van der Waals surface area contributed by atoms with Crippen molar-refractivity contribution >= 4 is 27.5 Å². The van der Waals surface area contributed by atoms with Gasteiger partial charge in [-0.05, 0) is 50.8 Å². The molecule has 1 heterocycles. The number of carbonyl (C=O) groups is 2. The number of aryl methyl sites for hydroxylation is 1. The molecule has 0 radical (unpaired) electrons. The third-order valence-corrected chi connectivity index (χ3v) is 8.33. The maximum Gasteiger partial charge on any atom is 0.242 e. The maximum absolute atomic E-state index is 13.5. The Bertz CT molecular complexity index is 1240. The Kier molecular flexibility index (Phi) is 8.81. The number of anilines is 1. The van der Waals surface area contributed by atoms with E-state index in [-0.39, 0.29) is 37.6 Å². The summed E-state index contributed by atoms with van der Waals surface area (Å²) in [6.45, 7) is 4.26. The fraction of sp³-hybridized carbons (Fsp3) is 0.500. The number of rotatable bonds is 11. The number of sulfonamides is 1. The number of benzene rings is 2. The quantitative estimate of drug-likeness (QED) is 0.463. The molecule has 38 heavy (non-hydrogen) atoms. The largest absolute Gasteiger partial charge is 0.454 e. The molecule has 2 aromatic carbocycles. The lowest BCUT2D eigenvalue weighted by Gasteiger charge is -2.30. The summed E-state index contributed by atoms with van der Waals surface area (Å²) in [6, 6.07) is 12.4. The number of hydrogen-bond donors (Lipinski definition) is 1. The first-order valence-corrected chi connectivity index (χ1v) is 15.0. The Morgan fingerprint density at radius 1 is 1.05 bits per heavy atom. The van der Waals surface area contributed by atoms with Crippen molar-refractivity contribution in [3.05, 3.63) is 53.6 Å². The topological polar surface area (TPSA) is 105 Å². The van der Waals surface area contributed by atoms with E-state index in [0.717, 1.165) is 43.1 Å². The zero-order valence-corrected chi connectivity index (χ0v) is 23.1. The van der Waals surface area contributed by atoms with Crippen LogP contribution >= 0.6 is 0 Å². The molecule has 1 fully saturated rings. The van der Waals surface area contributed by atoms with Crippen LogP contribution in [0.25, 0.3) is 0 Å². The van der Waals surface area contributed by atoms with Crippen LogP contribution in [0.2, 0.25) is 0 Å². The second-order valence-electron chi connectivity index (χ2n) is 10.1. The number of hydrogen-bond acceptors (Lipinski definition) is 6. The number of nitrogens with one attached hydrogen (secondary N) is 1. The van der Waals surface area contributed by atoms with Gasteiger partial charge in [-0.25, -0.2) is 8.42 Å². The Labute approximate surface area is 225 Å². The van der Waals surface area contributed by atoms with Crippen LogP contribution in [-0.4, -0.2) is 56.8 Å². The normalized spacial score (nSPS) is 15.8. The Hall–Kier alpha value is -3.27. The summed E-state index contributed by atoms with van der Waals surface area (Å²) in [5.74, 6) is 0.696. The standard InChI is InChI=1S/C28H37N3O6S/c1-20-10-12-22(13-11-20)18-30(21(2)28(33)29-23-7-4-5-8-23)27(32)9-6-16-31(38(3,34)35)24-14-15-25-26(17-24)37-19-36-25/h10-15,17,21,23H,4-9,16,18-19H2,1-3H3,(H,29,33)/t21-/m1/s1. The fourth-order valence-electron chi connectivity index (χ4n) is 4.91. The SMILES string of the molecule is Cc1ccc(CN(C(=O)CCCN(c2ccc3c(c2)OCO3)S(C)(=O)=O)[C@H](C)C(=O)NC2CCCC2)cc1. The summed E-state index contributed by atoms with van der Waals surface area (Å²) in [4.78, 5) is 28.1. The summed E-state index contributed by atoms with van der Waals surface area (Å²) < 4.78 is 37.1. The highest BCUT2D eigenvalue weighted by Gasteiger charge is 2.29. The molecule has 2 aliphatic rings. The molecule has 10 heteroatoms. The predicted molar refractivity (Wildman–Crippen MR) is 146 cm³/mol. The van der Waals surface area contributed by atoms with Gasteiger partial charge in [0, 0.05) is 31.6 Å². The molecular weight excluding hydrogens is 506 g/mol. The van der Waals surface area contributed by atoms with E-state index in [1.165, 1.54) is 4.31 Å². The van der Waals surface area contributed by atoms with Gasteiger partial charge in [0.1, 0.15) is 6.04 Å². The van der Waals surface area contributed by atoms with Crippen molar-refractivity contribution in [1.29, 1.82) is 0 Å². The number of fused-ring (bicyclic) bond motifs is 1. The van der Waals surface area contributed by atoms with Gasteiger partial charge >= 0.3 is 0 Å². The van der Waals surface area contributed by atoms with Crippen LogP contribution in [0.3, 0.4) is 0 Å². The number of ether oxygens (including phenoxy) is 2. The van der Waals surface area contributed by atoms with Gasteiger partial charge in [-0.1, -0.05) is 42.7 Å². The molecule has 1 saturated carbocycles. The maximum atomic E-state index is 13.5. The van der Waals surface area contributed by atoms with Crippen LogP contribution in [0.5, 0.6) is 11.5 Å². The van der Waals surface area contributed by atoms with Crippen molar-refractivity contribution in [3.8, 4) is 11.5 Å². The van der Waals surface area contributed by atoms with E-state index in [4.69, 9.17) is 9.47 Å². The molecule has 2 amide bonds. The van der Waals surface area contributed by atoms with Gasteiger partial charge in [0.15, 0.2) is 11.5 Å². The summed E-state index contributed by atoms with van der Waals surface area (Å²) >= 11 is 0. The number of amides is 2. The van der Waals surface area contributed by atoms with Crippen LogP contribution in [0, 0.1) is 6.92 Å². The van der Waals surface area contributed by atoms with E-state index in [1.54, 1.807) is 30.0 Å². The number of nitrogens with zero attached hydrogens (tertiary/aromatic N) is 2. The number of carbonyl (C=O) groups excluding carboxylic acids is 2. The summed E-state index contributed by atoms with van der Waals surface area (Å²) in [5.41, 5.74) is 2.50. The molecular formula is C28H37N3O6S. The predicted octanol–water partition coefficient (Wildman–Crippen LogP) is 3.75. The van der Waals surface area contributed by atoms with E-state index in [0.29, 0.717) is 30.2 Å². The van der Waals surface area contributed by atoms with Crippen molar-refractivity contribution in [2.24, 2.45) is 0 Å². The van der Waals surface area contributed by atoms with Crippen molar-refractivity contribution in [1.82, 2.24) is 10.2 Å². The Morgan fingerprint density at radius 3 is 2.42 bits per heavy atom. The van der Waals surface area contributed by atoms with E-state index in [9.17, 15) is 18.0 Å². The van der Waals surface area contributed by atoms with E-state index < -0.39 is 16.1 Å². The smallest absolute Gasteiger partial charge is 0.242 e. The van der Waals surface area contributed by atoms with Crippen molar-refractivity contribution < 1.29 is 27.5 Å². The first kappa shape index (κ1) is 27.8. The summed E-state index contributed by atoms with van der Waals surface area (Å²) in [7, 11) is -3.60. The summed E-state index contributed by atoms with van der Waals surface area (Å²) in [5, 5.41) is 3.10. The molecule has 206 valence electrons. The molecule has 1 atom stereocenters. The van der Waals surface area contributed by atoms with E-state index in [2.05, 4.69) is 5.32 Å². The van der Waals surface area contributed by atoms with Gasteiger partial charge in [0.25, 0.3) is 0 Å².